The SMILES string of the molecule is CCn1c(N(C)C(C)CCSC)n[nH]c1=S. The van der Waals surface area contributed by atoms with E-state index in [0.717, 1.165) is 18.9 Å². The van der Waals surface area contributed by atoms with E-state index >= 15 is 0 Å². The molecule has 1 unspecified atom stereocenters. The Hall–Kier alpha value is -0.490. The van der Waals surface area contributed by atoms with Crippen molar-refractivity contribution in [2.24, 2.45) is 0 Å². The summed E-state index contributed by atoms with van der Waals surface area (Å²) >= 11 is 7.05. The summed E-state index contributed by atoms with van der Waals surface area (Å²) in [6.45, 7) is 5.15. The van der Waals surface area contributed by atoms with Gasteiger partial charge < -0.3 is 4.90 Å². The Labute approximate surface area is 106 Å². The third kappa shape index (κ3) is 3.01. The Bertz CT molecular complexity index is 371. The first-order valence-electron chi connectivity index (χ1n) is 5.48. The van der Waals surface area contributed by atoms with Crippen molar-refractivity contribution in [3.05, 3.63) is 4.77 Å². The molecule has 0 saturated carbocycles. The van der Waals surface area contributed by atoms with Gasteiger partial charge in [-0.25, -0.2) is 5.10 Å². The fourth-order valence-electron chi connectivity index (χ4n) is 1.54. The van der Waals surface area contributed by atoms with Crippen LogP contribution in [0.1, 0.15) is 20.3 Å². The Morgan fingerprint density at radius 1 is 1.62 bits per heavy atom. The highest BCUT2D eigenvalue weighted by Crippen LogP contribution is 2.15. The maximum Gasteiger partial charge on any atom is 0.225 e. The second-order valence-corrected chi connectivity index (χ2v) is 5.19. The van der Waals surface area contributed by atoms with Crippen LogP contribution in [0.5, 0.6) is 0 Å². The lowest BCUT2D eigenvalue weighted by molar-refractivity contribution is 0.625. The molecule has 0 amide bonds. The predicted octanol–water partition coefficient (Wildman–Crippen LogP) is 2.54. The van der Waals surface area contributed by atoms with Crippen molar-refractivity contribution in [1.82, 2.24) is 14.8 Å². The van der Waals surface area contributed by atoms with Gasteiger partial charge in [-0.05, 0) is 44.5 Å². The molecule has 6 heteroatoms. The Balaban J connectivity index is 2.78. The lowest BCUT2D eigenvalue weighted by atomic mass is 10.2. The zero-order valence-electron chi connectivity index (χ0n) is 10.4. The molecule has 1 rings (SSSR count). The summed E-state index contributed by atoms with van der Waals surface area (Å²) in [5.74, 6) is 2.10. The molecule has 0 saturated heterocycles. The molecular weight excluding hydrogens is 240 g/mol. The average molecular weight is 260 g/mol. The van der Waals surface area contributed by atoms with Crippen LogP contribution >= 0.6 is 24.0 Å². The summed E-state index contributed by atoms with van der Waals surface area (Å²) in [4.78, 5) is 2.19. The van der Waals surface area contributed by atoms with Crippen LogP contribution in [0.2, 0.25) is 0 Å². The van der Waals surface area contributed by atoms with Gasteiger partial charge in [-0.15, -0.1) is 5.10 Å². The third-order valence-corrected chi connectivity index (χ3v) is 3.73. The number of nitrogens with zero attached hydrogens (tertiary/aromatic N) is 3. The minimum atomic E-state index is 0.475. The first-order valence-corrected chi connectivity index (χ1v) is 7.29. The number of anilines is 1. The lowest BCUT2D eigenvalue weighted by Gasteiger charge is -2.25. The topological polar surface area (TPSA) is 36.9 Å². The number of aromatic amines is 1. The molecule has 16 heavy (non-hydrogen) atoms. The number of hydrogen-bond acceptors (Lipinski definition) is 4. The van der Waals surface area contributed by atoms with E-state index in [0.29, 0.717) is 10.8 Å². The minimum absolute atomic E-state index is 0.475. The molecular formula is C10H20N4S2. The summed E-state index contributed by atoms with van der Waals surface area (Å²) in [6.07, 6.45) is 3.29. The van der Waals surface area contributed by atoms with Crippen molar-refractivity contribution < 1.29 is 0 Å². The summed E-state index contributed by atoms with van der Waals surface area (Å²) < 4.78 is 2.71. The van der Waals surface area contributed by atoms with E-state index in [2.05, 4.69) is 42.2 Å². The van der Waals surface area contributed by atoms with Crippen LogP contribution in [0.25, 0.3) is 0 Å². The molecule has 1 atom stereocenters. The standard InChI is InChI=1S/C10H20N4S2/c1-5-14-9(11-12-10(14)15)13(3)8(2)6-7-16-4/h8H,5-7H2,1-4H3,(H,12,15). The van der Waals surface area contributed by atoms with Crippen LogP contribution in [0.15, 0.2) is 0 Å². The fourth-order valence-corrected chi connectivity index (χ4v) is 2.38. The molecule has 4 nitrogen and oxygen atoms in total. The smallest absolute Gasteiger partial charge is 0.225 e. The highest BCUT2D eigenvalue weighted by atomic mass is 32.2. The number of rotatable bonds is 6. The number of hydrogen-bond donors (Lipinski definition) is 1. The van der Waals surface area contributed by atoms with Crippen LogP contribution in [-0.4, -0.2) is 39.9 Å². The van der Waals surface area contributed by atoms with Crippen molar-refractivity contribution in [2.45, 2.75) is 32.9 Å². The van der Waals surface area contributed by atoms with Gasteiger partial charge in [0.25, 0.3) is 0 Å². The minimum Gasteiger partial charge on any atom is -0.341 e. The largest absolute Gasteiger partial charge is 0.341 e. The zero-order chi connectivity index (χ0) is 12.1. The highest BCUT2D eigenvalue weighted by molar-refractivity contribution is 7.98. The maximum atomic E-state index is 5.18. The van der Waals surface area contributed by atoms with E-state index in [1.807, 2.05) is 16.3 Å². The van der Waals surface area contributed by atoms with Crippen molar-refractivity contribution in [2.75, 3.05) is 24.0 Å². The van der Waals surface area contributed by atoms with Gasteiger partial charge in [0.1, 0.15) is 0 Å². The fraction of sp³-hybridized carbons (Fsp3) is 0.800. The Morgan fingerprint density at radius 2 is 2.31 bits per heavy atom. The van der Waals surface area contributed by atoms with Gasteiger partial charge in [0, 0.05) is 19.6 Å². The van der Waals surface area contributed by atoms with Gasteiger partial charge in [-0.2, -0.15) is 11.8 Å². The molecule has 1 N–H and O–H groups in total. The number of H-pyrrole nitrogens is 1. The quantitative estimate of drug-likeness (QED) is 0.798. The highest BCUT2D eigenvalue weighted by Gasteiger charge is 2.15. The van der Waals surface area contributed by atoms with Gasteiger partial charge in [0.05, 0.1) is 0 Å². The number of aromatic nitrogens is 3. The molecule has 0 aliphatic carbocycles. The summed E-state index contributed by atoms with van der Waals surface area (Å²) in [7, 11) is 2.07. The monoisotopic (exact) mass is 260 g/mol. The Kier molecular flexibility index (Phi) is 5.34. The van der Waals surface area contributed by atoms with Gasteiger partial charge in [0.2, 0.25) is 5.95 Å². The summed E-state index contributed by atoms with van der Waals surface area (Å²) in [6, 6.07) is 0.475. The molecule has 0 aliphatic rings. The third-order valence-electron chi connectivity index (χ3n) is 2.77. The number of nitrogens with one attached hydrogen (secondary N) is 1. The molecule has 0 aromatic carbocycles. The van der Waals surface area contributed by atoms with Gasteiger partial charge in [-0.1, -0.05) is 0 Å². The molecule has 1 aromatic rings. The first kappa shape index (κ1) is 13.6. The number of thioether (sulfide) groups is 1. The van der Waals surface area contributed by atoms with E-state index in [-0.39, 0.29) is 0 Å². The van der Waals surface area contributed by atoms with Crippen molar-refractivity contribution in [3.8, 4) is 0 Å². The first-order chi connectivity index (χ1) is 7.61. The molecule has 1 aromatic heterocycles. The second-order valence-electron chi connectivity index (χ2n) is 3.81. The zero-order valence-corrected chi connectivity index (χ0v) is 12.0. The van der Waals surface area contributed by atoms with Crippen molar-refractivity contribution in [3.63, 3.8) is 0 Å². The van der Waals surface area contributed by atoms with E-state index in [9.17, 15) is 0 Å². The van der Waals surface area contributed by atoms with Crippen LogP contribution in [0.4, 0.5) is 5.95 Å². The van der Waals surface area contributed by atoms with E-state index in [1.54, 1.807) is 0 Å². The van der Waals surface area contributed by atoms with Crippen LogP contribution in [0.3, 0.4) is 0 Å². The summed E-state index contributed by atoms with van der Waals surface area (Å²) in [5.41, 5.74) is 0. The molecule has 0 fully saturated rings. The second kappa shape index (κ2) is 6.30. The molecule has 0 radical (unpaired) electrons. The van der Waals surface area contributed by atoms with Crippen molar-refractivity contribution in [1.29, 1.82) is 0 Å². The Morgan fingerprint density at radius 3 is 2.88 bits per heavy atom. The lowest BCUT2D eigenvalue weighted by Crippen LogP contribution is -2.31. The molecule has 0 aliphatic heterocycles. The molecule has 0 spiro atoms. The normalized spacial score (nSPS) is 12.8. The van der Waals surface area contributed by atoms with E-state index in [4.69, 9.17) is 12.2 Å². The summed E-state index contributed by atoms with van der Waals surface area (Å²) in [5, 5.41) is 7.13. The van der Waals surface area contributed by atoms with Crippen LogP contribution < -0.4 is 4.90 Å². The van der Waals surface area contributed by atoms with Gasteiger partial charge in [0.15, 0.2) is 4.77 Å². The van der Waals surface area contributed by atoms with Gasteiger partial charge >= 0.3 is 0 Å². The molecule has 1 heterocycles. The van der Waals surface area contributed by atoms with Crippen molar-refractivity contribution >= 4 is 29.9 Å². The average Bonchev–Trinajstić information content (AvgIpc) is 2.66. The van der Waals surface area contributed by atoms with Crippen LogP contribution in [0, 0.1) is 4.77 Å². The predicted molar refractivity (Wildman–Crippen MR) is 73.9 cm³/mol. The molecule has 0 bridgehead atoms. The van der Waals surface area contributed by atoms with E-state index < -0.39 is 0 Å². The molecule has 92 valence electrons. The van der Waals surface area contributed by atoms with Gasteiger partial charge in [-0.3, -0.25) is 4.57 Å². The van der Waals surface area contributed by atoms with Crippen LogP contribution in [-0.2, 0) is 6.54 Å². The van der Waals surface area contributed by atoms with E-state index in [1.165, 1.54) is 5.75 Å². The maximum absolute atomic E-state index is 5.18.